The van der Waals surface area contributed by atoms with E-state index in [9.17, 15) is 23.9 Å². The number of hydrogen-bond acceptors (Lipinski definition) is 6. The molecule has 0 bridgehead atoms. The number of aliphatic hydroxyl groups excluding tert-OH is 1. The lowest BCUT2D eigenvalue weighted by molar-refractivity contribution is -0.133. The Morgan fingerprint density at radius 3 is 2.60 bits per heavy atom. The molecule has 0 unspecified atom stereocenters. The smallest absolute Gasteiger partial charge is 0.293 e. The summed E-state index contributed by atoms with van der Waals surface area (Å²) in [5, 5.41) is 23.3. The largest absolute Gasteiger partial charge is 0.394 e. The second-order valence-corrected chi connectivity index (χ2v) is 7.06. The highest BCUT2D eigenvalue weighted by Crippen LogP contribution is 2.20. The third-order valence-electron chi connectivity index (χ3n) is 5.00. The van der Waals surface area contributed by atoms with Crippen LogP contribution in [-0.2, 0) is 16.6 Å². The van der Waals surface area contributed by atoms with Crippen molar-refractivity contribution in [3.8, 4) is 6.07 Å². The molecule has 30 heavy (non-hydrogen) atoms. The van der Waals surface area contributed by atoms with Gasteiger partial charge >= 0.3 is 0 Å². The van der Waals surface area contributed by atoms with E-state index < -0.39 is 29.0 Å². The number of anilines is 1. The molecule has 1 aliphatic rings. The third-order valence-corrected chi connectivity index (χ3v) is 5.00. The zero-order valence-electron chi connectivity index (χ0n) is 16.3. The molecule has 156 valence electrons. The Morgan fingerprint density at radius 1 is 1.33 bits per heavy atom. The number of aliphatic hydroxyl groups is 1. The monoisotopic (exact) mass is 414 g/mol. The van der Waals surface area contributed by atoms with Crippen LogP contribution in [0.25, 0.3) is 0 Å². The van der Waals surface area contributed by atoms with Crippen LogP contribution in [0, 0.1) is 24.1 Å². The van der Waals surface area contributed by atoms with E-state index in [0.29, 0.717) is 5.69 Å². The molecular formula is C20H19FN4O5. The summed E-state index contributed by atoms with van der Waals surface area (Å²) in [6, 6.07) is 6.52. The summed E-state index contributed by atoms with van der Waals surface area (Å²) in [4.78, 5) is 37.6. The number of aromatic nitrogens is 1. The van der Waals surface area contributed by atoms with Crippen LogP contribution in [0.5, 0.6) is 0 Å². The van der Waals surface area contributed by atoms with Gasteiger partial charge in [-0.25, -0.2) is 4.39 Å². The number of halogens is 1. The average molecular weight is 414 g/mol. The topological polar surface area (TPSA) is 133 Å². The van der Waals surface area contributed by atoms with E-state index in [1.165, 1.54) is 22.8 Å². The first-order valence-electron chi connectivity index (χ1n) is 8.94. The Bertz CT molecular complexity index is 1080. The van der Waals surface area contributed by atoms with E-state index in [-0.39, 0.29) is 42.3 Å². The number of Topliss-reactive ketones (excluding diaryl/α,β-unsaturated/α-hetero) is 1. The molecule has 2 amide bonds. The quantitative estimate of drug-likeness (QED) is 0.470. The maximum atomic E-state index is 13.5. The fourth-order valence-electron chi connectivity index (χ4n) is 3.00. The number of nitrogens with one attached hydrogen (secondary N) is 2. The van der Waals surface area contributed by atoms with Crippen molar-refractivity contribution in [2.75, 3.05) is 25.1 Å². The van der Waals surface area contributed by atoms with E-state index in [1.807, 2.05) is 0 Å². The third kappa shape index (κ3) is 3.80. The maximum Gasteiger partial charge on any atom is 0.293 e. The van der Waals surface area contributed by atoms with Crippen molar-refractivity contribution in [3.63, 3.8) is 0 Å². The molecule has 2 aromatic rings. The highest BCUT2D eigenvalue weighted by Gasteiger charge is 2.41. The van der Waals surface area contributed by atoms with Crippen LogP contribution in [0.3, 0.4) is 0 Å². The van der Waals surface area contributed by atoms with Gasteiger partial charge in [0, 0.05) is 24.0 Å². The van der Waals surface area contributed by atoms with Crippen LogP contribution in [-0.4, -0.2) is 52.6 Å². The van der Waals surface area contributed by atoms with Gasteiger partial charge in [0.05, 0.1) is 25.4 Å². The summed E-state index contributed by atoms with van der Waals surface area (Å²) < 4.78 is 19.9. The van der Waals surface area contributed by atoms with Crippen LogP contribution in [0.2, 0.25) is 0 Å². The van der Waals surface area contributed by atoms with Crippen LogP contribution in [0.4, 0.5) is 10.1 Å². The van der Waals surface area contributed by atoms with Gasteiger partial charge in [-0.05, 0) is 31.2 Å². The fraction of sp³-hybridized carbons (Fsp3) is 0.300. The van der Waals surface area contributed by atoms with Crippen molar-refractivity contribution in [1.29, 1.82) is 5.26 Å². The lowest BCUT2D eigenvalue weighted by Crippen LogP contribution is -2.65. The first-order valence-corrected chi connectivity index (χ1v) is 8.94. The Morgan fingerprint density at radius 2 is 2.03 bits per heavy atom. The van der Waals surface area contributed by atoms with Gasteiger partial charge in [0.1, 0.15) is 23.1 Å². The van der Waals surface area contributed by atoms with Crippen molar-refractivity contribution < 1.29 is 28.6 Å². The number of carbonyl (C=O) groups is 3. The molecule has 3 N–H and O–H groups in total. The first-order chi connectivity index (χ1) is 14.2. The zero-order valence-corrected chi connectivity index (χ0v) is 16.3. The van der Waals surface area contributed by atoms with Crippen LogP contribution >= 0.6 is 0 Å². The number of nitrogens with zero attached hydrogens (tertiary/aromatic N) is 2. The van der Waals surface area contributed by atoms with Gasteiger partial charge < -0.3 is 25.0 Å². The minimum Gasteiger partial charge on any atom is -0.394 e. The molecule has 10 heteroatoms. The highest BCUT2D eigenvalue weighted by molar-refractivity contribution is 6.43. The number of amides is 2. The van der Waals surface area contributed by atoms with E-state index in [0.717, 1.165) is 6.07 Å². The van der Waals surface area contributed by atoms with Gasteiger partial charge in [-0.15, -0.1) is 0 Å². The SMILES string of the molecule is Cc1c(C(=O)C(=O)NC2(CO)COC2)cc(C(=O)Nc2ccc(F)c(C#N)c2)n1C. The molecule has 9 nitrogen and oxygen atoms in total. The number of ketones is 1. The molecule has 0 spiro atoms. The molecular weight excluding hydrogens is 395 g/mol. The molecule has 2 heterocycles. The molecule has 3 rings (SSSR count). The van der Waals surface area contributed by atoms with Crippen molar-refractivity contribution in [2.45, 2.75) is 12.5 Å². The summed E-state index contributed by atoms with van der Waals surface area (Å²) in [5.74, 6) is -3.07. The molecule has 0 radical (unpaired) electrons. The molecule has 0 atom stereocenters. The predicted octanol–water partition coefficient (Wildman–Crippen LogP) is 0.657. The predicted molar refractivity (Wildman–Crippen MR) is 102 cm³/mol. The minimum absolute atomic E-state index is 0.0327. The Hall–Kier alpha value is -3.55. The number of carbonyl (C=O) groups excluding carboxylic acids is 3. The van der Waals surface area contributed by atoms with Gasteiger partial charge in [0.25, 0.3) is 17.6 Å². The van der Waals surface area contributed by atoms with Gasteiger partial charge in [0.2, 0.25) is 0 Å². The van der Waals surface area contributed by atoms with E-state index in [4.69, 9.17) is 10.00 Å². The number of ether oxygens (including phenoxy) is 1. The summed E-state index contributed by atoms with van der Waals surface area (Å²) >= 11 is 0. The van der Waals surface area contributed by atoms with Crippen molar-refractivity contribution in [3.05, 3.63) is 52.6 Å². The van der Waals surface area contributed by atoms with Gasteiger partial charge in [-0.1, -0.05) is 0 Å². The molecule has 1 aromatic heterocycles. The standard InChI is InChI=1S/C20H19FN4O5/c1-11-14(17(27)19(29)24-20(8-26)9-30-10-20)6-16(25(11)2)18(28)23-13-3-4-15(21)12(5-13)7-22/h3-6,26H,8-10H2,1-2H3,(H,23,28)(H,24,29). The average Bonchev–Trinajstić information content (AvgIpc) is 3.00. The van der Waals surface area contributed by atoms with E-state index in [2.05, 4.69) is 10.6 Å². The first kappa shape index (κ1) is 21.2. The zero-order chi connectivity index (χ0) is 22.1. The number of nitriles is 1. The van der Waals surface area contributed by atoms with Crippen molar-refractivity contribution in [1.82, 2.24) is 9.88 Å². The Labute approximate surface area is 171 Å². The molecule has 0 aliphatic carbocycles. The normalized spacial score (nSPS) is 14.4. The maximum absolute atomic E-state index is 13.5. The van der Waals surface area contributed by atoms with Gasteiger partial charge in [0.15, 0.2) is 0 Å². The lowest BCUT2D eigenvalue weighted by Gasteiger charge is -2.40. The molecule has 0 saturated carbocycles. The summed E-state index contributed by atoms with van der Waals surface area (Å²) in [6.07, 6.45) is 0. The van der Waals surface area contributed by atoms with Crippen LogP contribution < -0.4 is 10.6 Å². The second kappa shape index (κ2) is 8.06. The number of rotatable bonds is 6. The Kier molecular flexibility index (Phi) is 5.69. The fourth-order valence-corrected chi connectivity index (χ4v) is 3.00. The molecule has 1 aromatic carbocycles. The van der Waals surface area contributed by atoms with E-state index >= 15 is 0 Å². The van der Waals surface area contributed by atoms with Crippen LogP contribution in [0.1, 0.15) is 32.1 Å². The summed E-state index contributed by atoms with van der Waals surface area (Å²) in [7, 11) is 1.55. The lowest BCUT2D eigenvalue weighted by atomic mass is 9.98. The summed E-state index contributed by atoms with van der Waals surface area (Å²) in [6.45, 7) is 1.42. The number of hydrogen-bond donors (Lipinski definition) is 3. The number of benzene rings is 1. The van der Waals surface area contributed by atoms with Crippen LogP contribution in [0.15, 0.2) is 24.3 Å². The Balaban J connectivity index is 1.80. The second-order valence-electron chi connectivity index (χ2n) is 7.06. The molecule has 1 aliphatic heterocycles. The van der Waals surface area contributed by atoms with Gasteiger partial charge in [-0.3, -0.25) is 14.4 Å². The van der Waals surface area contributed by atoms with Crippen molar-refractivity contribution >= 4 is 23.3 Å². The van der Waals surface area contributed by atoms with Crippen molar-refractivity contribution in [2.24, 2.45) is 7.05 Å². The molecule has 1 saturated heterocycles. The molecule has 1 fully saturated rings. The highest BCUT2D eigenvalue weighted by atomic mass is 19.1. The van der Waals surface area contributed by atoms with Gasteiger partial charge in [-0.2, -0.15) is 5.26 Å². The minimum atomic E-state index is -0.976. The van der Waals surface area contributed by atoms with E-state index in [1.54, 1.807) is 20.0 Å². The summed E-state index contributed by atoms with van der Waals surface area (Å²) in [5.41, 5.74) is -0.476.